The molecule has 0 radical (unpaired) electrons. The number of hydrogen-bond acceptors (Lipinski definition) is 2. The van der Waals surface area contributed by atoms with Crippen LogP contribution in [0.4, 0.5) is 5.69 Å². The molecule has 1 fully saturated rings. The third-order valence-corrected chi connectivity index (χ3v) is 5.01. The Hall–Kier alpha value is -3.34. The summed E-state index contributed by atoms with van der Waals surface area (Å²) in [5.74, 6) is -0.0129. The van der Waals surface area contributed by atoms with Crippen LogP contribution < -0.4 is 11.1 Å². The molecule has 4 rings (SSSR count). The summed E-state index contributed by atoms with van der Waals surface area (Å²) in [7, 11) is 0. The number of rotatable bonds is 5. The van der Waals surface area contributed by atoms with Crippen LogP contribution in [0.3, 0.4) is 0 Å². The average molecular weight is 359 g/mol. The molecule has 1 aliphatic rings. The van der Waals surface area contributed by atoms with Crippen LogP contribution >= 0.6 is 0 Å². The van der Waals surface area contributed by atoms with E-state index in [1.165, 1.54) is 12.8 Å². The minimum absolute atomic E-state index is 0.113. The quantitative estimate of drug-likeness (QED) is 0.598. The van der Waals surface area contributed by atoms with Crippen molar-refractivity contribution in [1.29, 1.82) is 0 Å². The molecule has 0 unspecified atom stereocenters. The third-order valence-electron chi connectivity index (χ3n) is 5.01. The molecular formula is C22H21N3O2. The fraction of sp³-hybridized carbons (Fsp3) is 0.182. The highest BCUT2D eigenvalue weighted by Crippen LogP contribution is 2.35. The van der Waals surface area contributed by atoms with Gasteiger partial charge in [0, 0.05) is 17.3 Å². The van der Waals surface area contributed by atoms with Crippen molar-refractivity contribution in [2.75, 3.05) is 5.32 Å². The number of aromatic amines is 1. The highest BCUT2D eigenvalue weighted by molar-refractivity contribution is 6.09. The maximum atomic E-state index is 12.2. The first-order valence-corrected chi connectivity index (χ1v) is 9.03. The van der Waals surface area contributed by atoms with E-state index in [4.69, 9.17) is 5.73 Å². The molecule has 5 nitrogen and oxygen atoms in total. The summed E-state index contributed by atoms with van der Waals surface area (Å²) < 4.78 is 0. The summed E-state index contributed by atoms with van der Waals surface area (Å²) in [6.07, 6.45) is 7.74. The maximum absolute atomic E-state index is 12.2. The van der Waals surface area contributed by atoms with Gasteiger partial charge < -0.3 is 16.0 Å². The normalized spacial score (nSPS) is 14.0. The van der Waals surface area contributed by atoms with E-state index in [1.807, 2.05) is 43.3 Å². The van der Waals surface area contributed by atoms with Crippen LogP contribution in [0.1, 0.15) is 28.8 Å². The van der Waals surface area contributed by atoms with Gasteiger partial charge in [0.2, 0.25) is 5.91 Å². The van der Waals surface area contributed by atoms with E-state index in [-0.39, 0.29) is 5.91 Å². The predicted octanol–water partition coefficient (Wildman–Crippen LogP) is 4.15. The van der Waals surface area contributed by atoms with E-state index in [2.05, 4.69) is 10.3 Å². The second kappa shape index (κ2) is 6.76. The summed E-state index contributed by atoms with van der Waals surface area (Å²) in [4.78, 5) is 26.9. The van der Waals surface area contributed by atoms with Gasteiger partial charge in [-0.05, 0) is 66.6 Å². The van der Waals surface area contributed by atoms with Gasteiger partial charge in [-0.3, -0.25) is 9.59 Å². The molecule has 136 valence electrons. The number of hydrogen-bond donors (Lipinski definition) is 3. The number of primary amides is 1. The Bertz CT molecular complexity index is 1070. The zero-order valence-corrected chi connectivity index (χ0v) is 15.1. The minimum Gasteiger partial charge on any atom is -0.366 e. The van der Waals surface area contributed by atoms with Crippen molar-refractivity contribution in [2.45, 2.75) is 19.8 Å². The number of nitrogens with two attached hydrogens (primary N) is 1. The Kier molecular flexibility index (Phi) is 4.28. The van der Waals surface area contributed by atoms with Gasteiger partial charge >= 0.3 is 0 Å². The molecule has 27 heavy (non-hydrogen) atoms. The molecule has 1 aliphatic carbocycles. The number of amides is 2. The highest BCUT2D eigenvalue weighted by Gasteiger charge is 2.18. The largest absolute Gasteiger partial charge is 0.366 e. The lowest BCUT2D eigenvalue weighted by molar-refractivity contribution is -0.111. The molecular weight excluding hydrogens is 338 g/mol. The van der Waals surface area contributed by atoms with Crippen molar-refractivity contribution in [3.8, 4) is 11.1 Å². The number of fused-ring (bicyclic) bond motifs is 1. The SMILES string of the molecule is Cc1c(NC(=O)/C=C/C2CC2)cccc1-c1ccc(C(N)=O)c2[nH]ccc12. The van der Waals surface area contributed by atoms with Gasteiger partial charge in [0.1, 0.15) is 0 Å². The minimum atomic E-state index is -0.464. The maximum Gasteiger partial charge on any atom is 0.250 e. The van der Waals surface area contributed by atoms with Crippen LogP contribution in [0, 0.1) is 12.8 Å². The summed E-state index contributed by atoms with van der Waals surface area (Å²) in [5, 5.41) is 3.89. The molecule has 2 amide bonds. The summed E-state index contributed by atoms with van der Waals surface area (Å²) in [5.41, 5.74) is 10.4. The predicted molar refractivity (Wildman–Crippen MR) is 107 cm³/mol. The Balaban J connectivity index is 1.71. The van der Waals surface area contributed by atoms with E-state index in [0.29, 0.717) is 11.5 Å². The van der Waals surface area contributed by atoms with E-state index >= 15 is 0 Å². The van der Waals surface area contributed by atoms with Crippen LogP contribution in [0.25, 0.3) is 22.0 Å². The van der Waals surface area contributed by atoms with Crippen LogP contribution in [-0.4, -0.2) is 16.8 Å². The van der Waals surface area contributed by atoms with Gasteiger partial charge in [0.05, 0.1) is 11.1 Å². The van der Waals surface area contributed by atoms with Gasteiger partial charge in [0.15, 0.2) is 0 Å². The van der Waals surface area contributed by atoms with Crippen molar-refractivity contribution >= 4 is 28.4 Å². The molecule has 0 aliphatic heterocycles. The molecule has 5 heteroatoms. The summed E-state index contributed by atoms with van der Waals surface area (Å²) in [6, 6.07) is 11.4. The number of nitrogens with one attached hydrogen (secondary N) is 2. The molecule has 2 aromatic carbocycles. The number of benzene rings is 2. The second-order valence-corrected chi connectivity index (χ2v) is 6.96. The second-order valence-electron chi connectivity index (χ2n) is 6.96. The third kappa shape index (κ3) is 3.36. The Morgan fingerprint density at radius 3 is 2.70 bits per heavy atom. The van der Waals surface area contributed by atoms with E-state index in [9.17, 15) is 9.59 Å². The molecule has 0 atom stereocenters. The van der Waals surface area contributed by atoms with Gasteiger partial charge in [-0.25, -0.2) is 0 Å². The fourth-order valence-electron chi connectivity index (χ4n) is 3.35. The van der Waals surface area contributed by atoms with Gasteiger partial charge in [-0.1, -0.05) is 24.3 Å². The number of H-pyrrole nitrogens is 1. The topological polar surface area (TPSA) is 88.0 Å². The van der Waals surface area contributed by atoms with Gasteiger partial charge in [-0.2, -0.15) is 0 Å². The van der Waals surface area contributed by atoms with Crippen molar-refractivity contribution < 1.29 is 9.59 Å². The first-order chi connectivity index (χ1) is 13.0. The Labute approximate surface area is 157 Å². The number of carbonyl (C=O) groups is 2. The molecule has 0 saturated heterocycles. The average Bonchev–Trinajstić information content (AvgIpc) is 3.35. The van der Waals surface area contributed by atoms with Crippen molar-refractivity contribution in [2.24, 2.45) is 11.7 Å². The molecule has 1 heterocycles. The fourth-order valence-corrected chi connectivity index (χ4v) is 3.35. The summed E-state index contributed by atoms with van der Waals surface area (Å²) >= 11 is 0. The number of aromatic nitrogens is 1. The lowest BCUT2D eigenvalue weighted by atomic mass is 9.94. The van der Waals surface area contributed by atoms with Crippen LogP contribution in [0.15, 0.2) is 54.7 Å². The first kappa shape index (κ1) is 17.1. The zero-order valence-electron chi connectivity index (χ0n) is 15.1. The lowest BCUT2D eigenvalue weighted by Gasteiger charge is -2.13. The van der Waals surface area contributed by atoms with Crippen molar-refractivity contribution in [3.05, 3.63) is 65.9 Å². The first-order valence-electron chi connectivity index (χ1n) is 9.03. The van der Waals surface area contributed by atoms with Gasteiger partial charge in [-0.15, -0.1) is 0 Å². The van der Waals surface area contributed by atoms with E-state index < -0.39 is 5.91 Å². The molecule has 1 aromatic heterocycles. The van der Waals surface area contributed by atoms with E-state index in [0.717, 1.165) is 33.3 Å². The Morgan fingerprint density at radius 2 is 1.96 bits per heavy atom. The molecule has 4 N–H and O–H groups in total. The highest BCUT2D eigenvalue weighted by atomic mass is 16.1. The van der Waals surface area contributed by atoms with Gasteiger partial charge in [0.25, 0.3) is 5.91 Å². The number of carbonyl (C=O) groups excluding carboxylic acids is 2. The molecule has 3 aromatic rings. The lowest BCUT2D eigenvalue weighted by Crippen LogP contribution is -2.11. The number of anilines is 1. The molecule has 0 bridgehead atoms. The number of allylic oxidation sites excluding steroid dienone is 1. The monoisotopic (exact) mass is 359 g/mol. The van der Waals surface area contributed by atoms with E-state index in [1.54, 1.807) is 18.3 Å². The van der Waals surface area contributed by atoms with Crippen molar-refractivity contribution in [1.82, 2.24) is 4.98 Å². The smallest absolute Gasteiger partial charge is 0.250 e. The van der Waals surface area contributed by atoms with Crippen LogP contribution in [-0.2, 0) is 4.79 Å². The molecule has 0 spiro atoms. The van der Waals surface area contributed by atoms with Crippen LogP contribution in [0.5, 0.6) is 0 Å². The van der Waals surface area contributed by atoms with Crippen molar-refractivity contribution in [3.63, 3.8) is 0 Å². The molecule has 1 saturated carbocycles. The van der Waals surface area contributed by atoms with Crippen LogP contribution in [0.2, 0.25) is 0 Å². The standard InChI is InChI=1S/C22H21N3O2/c1-13-15(3-2-4-19(13)25-20(26)10-7-14-5-6-14)16-8-9-18(22(23)27)21-17(16)11-12-24-21/h2-4,7-12,14,24H,5-6H2,1H3,(H2,23,27)(H,25,26)/b10-7+. The Morgan fingerprint density at radius 1 is 1.15 bits per heavy atom. The summed E-state index contributed by atoms with van der Waals surface area (Å²) in [6.45, 7) is 1.98. The zero-order chi connectivity index (χ0) is 19.0.